The molecule has 2 N–H and O–H groups in total. The second kappa shape index (κ2) is 9.23. The smallest absolute Gasteiger partial charge is 0.337 e. The van der Waals surface area contributed by atoms with E-state index in [9.17, 15) is 19.8 Å². The van der Waals surface area contributed by atoms with E-state index in [-0.39, 0.29) is 17.7 Å². The van der Waals surface area contributed by atoms with Gasteiger partial charge >= 0.3 is 11.9 Å². The number of carboxylic acids is 2. The monoisotopic (exact) mass is 464 g/mol. The van der Waals surface area contributed by atoms with Crippen molar-refractivity contribution in [2.24, 2.45) is 0 Å². The number of aromatic nitrogens is 2. The first-order valence-corrected chi connectivity index (χ1v) is 10.9. The van der Waals surface area contributed by atoms with Gasteiger partial charge in [0.1, 0.15) is 23.8 Å². The van der Waals surface area contributed by atoms with Gasteiger partial charge in [0.25, 0.3) is 0 Å². The first-order valence-electron chi connectivity index (χ1n) is 10.9. The maximum atomic E-state index is 12.4. The zero-order valence-electron chi connectivity index (χ0n) is 18.5. The first-order chi connectivity index (χ1) is 17.0. The second-order valence-corrected chi connectivity index (χ2v) is 8.04. The lowest BCUT2D eigenvalue weighted by Gasteiger charge is -2.19. The fourth-order valence-electron chi connectivity index (χ4n) is 4.10. The minimum Gasteiger partial charge on any atom is -0.489 e. The van der Waals surface area contributed by atoms with Crippen molar-refractivity contribution in [1.29, 1.82) is 0 Å². The highest BCUT2D eigenvalue weighted by molar-refractivity contribution is 6.02. The Morgan fingerprint density at radius 1 is 0.771 bits per heavy atom. The van der Waals surface area contributed by atoms with Gasteiger partial charge in [0, 0.05) is 11.6 Å². The van der Waals surface area contributed by atoms with Crippen molar-refractivity contribution < 1.29 is 24.5 Å². The van der Waals surface area contributed by atoms with Crippen LogP contribution in [0.5, 0.6) is 5.75 Å². The fourth-order valence-corrected chi connectivity index (χ4v) is 4.10. The molecule has 0 fully saturated rings. The summed E-state index contributed by atoms with van der Waals surface area (Å²) in [5, 5.41) is 19.7. The Morgan fingerprint density at radius 3 is 2.14 bits per heavy atom. The zero-order valence-corrected chi connectivity index (χ0v) is 18.5. The Morgan fingerprint density at radius 2 is 1.46 bits per heavy atom. The summed E-state index contributed by atoms with van der Waals surface area (Å²) in [6.45, 7) is 0.224. The molecular formula is C28H20N2O5. The van der Waals surface area contributed by atoms with Crippen LogP contribution >= 0.6 is 0 Å². The Bertz CT molecular complexity index is 1550. The van der Waals surface area contributed by atoms with E-state index in [1.807, 2.05) is 36.4 Å². The number of ether oxygens (including phenoxy) is 1. The Labute approximate surface area is 200 Å². The molecule has 0 aliphatic rings. The molecule has 0 spiro atoms. The van der Waals surface area contributed by atoms with Gasteiger partial charge in [-0.2, -0.15) is 0 Å². The molecule has 5 aromatic rings. The van der Waals surface area contributed by atoms with Gasteiger partial charge in [-0.3, -0.25) is 4.79 Å². The number of fused-ring (bicyclic) bond motifs is 2. The third-order valence-electron chi connectivity index (χ3n) is 5.75. The van der Waals surface area contributed by atoms with Crippen molar-refractivity contribution in [2.75, 3.05) is 0 Å². The molecular weight excluding hydrogens is 444 g/mol. The van der Waals surface area contributed by atoms with E-state index >= 15 is 0 Å². The van der Waals surface area contributed by atoms with Gasteiger partial charge < -0.3 is 14.9 Å². The summed E-state index contributed by atoms with van der Waals surface area (Å²) in [7, 11) is 0. The number of hydrogen-bond donors (Lipinski definition) is 2. The SMILES string of the molecule is O=C(O)c1cccc2nc3cc(C(C(=O)O)c4ccccc4)c(OCc4ccccc4)cc3nc12. The van der Waals surface area contributed by atoms with Crippen molar-refractivity contribution in [3.8, 4) is 5.75 Å². The maximum Gasteiger partial charge on any atom is 0.337 e. The van der Waals surface area contributed by atoms with E-state index in [2.05, 4.69) is 9.97 Å². The molecule has 1 unspecified atom stereocenters. The van der Waals surface area contributed by atoms with Gasteiger partial charge in [0.15, 0.2) is 0 Å². The van der Waals surface area contributed by atoms with E-state index in [4.69, 9.17) is 4.74 Å². The van der Waals surface area contributed by atoms with Crippen molar-refractivity contribution in [3.05, 3.63) is 113 Å². The molecule has 4 aromatic carbocycles. The number of para-hydroxylation sites is 1. The number of hydrogen-bond acceptors (Lipinski definition) is 5. The molecule has 0 saturated carbocycles. The summed E-state index contributed by atoms with van der Waals surface area (Å²) in [5.41, 5.74) is 3.53. The van der Waals surface area contributed by atoms with Crippen LogP contribution in [-0.4, -0.2) is 32.1 Å². The van der Waals surface area contributed by atoms with Gasteiger partial charge in [-0.1, -0.05) is 66.7 Å². The molecule has 0 aliphatic heterocycles. The lowest BCUT2D eigenvalue weighted by Crippen LogP contribution is -2.15. The average Bonchev–Trinajstić information content (AvgIpc) is 2.87. The van der Waals surface area contributed by atoms with Crippen LogP contribution in [0.25, 0.3) is 22.1 Å². The number of nitrogens with zero attached hydrogens (tertiary/aromatic N) is 2. The molecule has 1 aromatic heterocycles. The Balaban J connectivity index is 1.71. The predicted molar refractivity (Wildman–Crippen MR) is 131 cm³/mol. The first kappa shape index (κ1) is 22.0. The molecule has 0 aliphatic carbocycles. The van der Waals surface area contributed by atoms with Crippen LogP contribution in [0.1, 0.15) is 33.0 Å². The van der Waals surface area contributed by atoms with Crippen LogP contribution in [0.2, 0.25) is 0 Å². The lowest BCUT2D eigenvalue weighted by atomic mass is 9.90. The zero-order chi connectivity index (χ0) is 24.4. The molecule has 172 valence electrons. The summed E-state index contributed by atoms with van der Waals surface area (Å²) >= 11 is 0. The van der Waals surface area contributed by atoms with E-state index in [1.54, 1.807) is 48.5 Å². The molecule has 7 heteroatoms. The standard InChI is InChI=1S/C28H20N2O5/c31-27(32)19-12-7-13-21-26(19)30-23-15-24(35-16-17-8-3-1-4-9-17)20(14-22(23)29-21)25(28(33)34)18-10-5-2-6-11-18/h1-15,25H,16H2,(H,31,32)(H,33,34). The fraction of sp³-hybridized carbons (Fsp3) is 0.0714. The number of carboxylic acid groups (broad SMARTS) is 2. The van der Waals surface area contributed by atoms with Crippen LogP contribution < -0.4 is 4.74 Å². The number of benzene rings is 4. The topological polar surface area (TPSA) is 110 Å². The number of carbonyl (C=O) groups is 2. The van der Waals surface area contributed by atoms with Gasteiger partial charge in [-0.15, -0.1) is 0 Å². The summed E-state index contributed by atoms with van der Waals surface area (Å²) in [4.78, 5) is 33.3. The van der Waals surface area contributed by atoms with Crippen molar-refractivity contribution in [1.82, 2.24) is 9.97 Å². The molecule has 0 saturated heterocycles. The van der Waals surface area contributed by atoms with Crippen molar-refractivity contribution in [3.63, 3.8) is 0 Å². The second-order valence-electron chi connectivity index (χ2n) is 8.04. The summed E-state index contributed by atoms with van der Waals surface area (Å²) in [6.07, 6.45) is 0. The number of rotatable bonds is 7. The maximum absolute atomic E-state index is 12.4. The normalized spacial score (nSPS) is 11.9. The molecule has 0 amide bonds. The van der Waals surface area contributed by atoms with Crippen molar-refractivity contribution in [2.45, 2.75) is 12.5 Å². The van der Waals surface area contributed by atoms with E-state index in [0.29, 0.717) is 33.4 Å². The van der Waals surface area contributed by atoms with Crippen molar-refractivity contribution >= 4 is 34.0 Å². The summed E-state index contributed by atoms with van der Waals surface area (Å²) in [5.74, 6) is -2.77. The van der Waals surface area contributed by atoms with E-state index in [1.165, 1.54) is 6.07 Å². The predicted octanol–water partition coefficient (Wildman–Crippen LogP) is 5.28. The quantitative estimate of drug-likeness (QED) is 0.316. The van der Waals surface area contributed by atoms with Gasteiger partial charge in [0.05, 0.1) is 22.1 Å². The summed E-state index contributed by atoms with van der Waals surface area (Å²) in [6, 6.07) is 26.5. The molecule has 35 heavy (non-hydrogen) atoms. The van der Waals surface area contributed by atoms with Gasteiger partial charge in [-0.05, 0) is 29.3 Å². The highest BCUT2D eigenvalue weighted by Gasteiger charge is 2.27. The van der Waals surface area contributed by atoms with Crippen LogP contribution in [0.4, 0.5) is 0 Å². The molecule has 0 bridgehead atoms. The minimum atomic E-state index is -1.10. The van der Waals surface area contributed by atoms with E-state index < -0.39 is 17.9 Å². The molecule has 1 heterocycles. The third kappa shape index (κ3) is 4.39. The summed E-state index contributed by atoms with van der Waals surface area (Å²) < 4.78 is 6.13. The van der Waals surface area contributed by atoms with Crippen LogP contribution in [0, 0.1) is 0 Å². The highest BCUT2D eigenvalue weighted by Crippen LogP contribution is 2.36. The van der Waals surface area contributed by atoms with Crippen LogP contribution in [0.15, 0.2) is 91.0 Å². The largest absolute Gasteiger partial charge is 0.489 e. The van der Waals surface area contributed by atoms with Gasteiger partial charge in [0.2, 0.25) is 0 Å². The number of aliphatic carboxylic acids is 1. The minimum absolute atomic E-state index is 0.0421. The molecule has 0 radical (unpaired) electrons. The molecule has 7 nitrogen and oxygen atoms in total. The van der Waals surface area contributed by atoms with Gasteiger partial charge in [-0.25, -0.2) is 14.8 Å². The molecule has 5 rings (SSSR count). The average molecular weight is 464 g/mol. The molecule has 1 atom stereocenters. The van der Waals surface area contributed by atoms with Crippen LogP contribution in [0.3, 0.4) is 0 Å². The lowest BCUT2D eigenvalue weighted by molar-refractivity contribution is -0.137. The highest BCUT2D eigenvalue weighted by atomic mass is 16.5. The Hall–Kier alpha value is -4.78. The Kier molecular flexibility index (Phi) is 5.81. The van der Waals surface area contributed by atoms with Crippen LogP contribution in [-0.2, 0) is 11.4 Å². The van der Waals surface area contributed by atoms with E-state index in [0.717, 1.165) is 5.56 Å². The number of aromatic carboxylic acids is 1. The third-order valence-corrected chi connectivity index (χ3v) is 5.75.